The molecular formula is C8H8O4S. The number of ketones is 1. The molecule has 5 heteroatoms. The van der Waals surface area contributed by atoms with Gasteiger partial charge in [-0.25, -0.2) is 0 Å². The van der Waals surface area contributed by atoms with Crippen LogP contribution in [0.1, 0.15) is 17.3 Å². The third-order valence-electron chi connectivity index (χ3n) is 1.54. The molecule has 0 unspecified atom stereocenters. The quantitative estimate of drug-likeness (QED) is 0.574. The molecule has 1 N–H and O–H groups in total. The molecule has 0 saturated heterocycles. The zero-order valence-corrected chi connectivity index (χ0v) is 7.71. The normalized spacial score (nSPS) is 11.2. The fraction of sp³-hybridized carbons (Fsp3) is 0.125. The first kappa shape index (κ1) is 9.88. The van der Waals surface area contributed by atoms with Crippen molar-refractivity contribution in [1.82, 2.24) is 0 Å². The van der Waals surface area contributed by atoms with Crippen molar-refractivity contribution in [3.8, 4) is 0 Å². The van der Waals surface area contributed by atoms with Crippen LogP contribution in [-0.2, 0) is 10.1 Å². The number of hydrogen-bond donors (Lipinski definition) is 1. The lowest BCUT2D eigenvalue weighted by atomic mass is 10.1. The summed E-state index contributed by atoms with van der Waals surface area (Å²) in [6, 6.07) is 5.51. The maximum Gasteiger partial charge on any atom is 0.295 e. The molecule has 0 bridgehead atoms. The molecule has 0 fully saturated rings. The van der Waals surface area contributed by atoms with Gasteiger partial charge >= 0.3 is 0 Å². The lowest BCUT2D eigenvalue weighted by molar-refractivity contribution is 0.101. The topological polar surface area (TPSA) is 71.4 Å². The maximum absolute atomic E-state index is 10.9. The Balaban J connectivity index is 3.46. The van der Waals surface area contributed by atoms with Gasteiger partial charge in [0.05, 0.1) is 0 Å². The molecule has 0 aliphatic heterocycles. The van der Waals surface area contributed by atoms with Gasteiger partial charge in [-0.05, 0) is 13.0 Å². The lowest BCUT2D eigenvalue weighted by Gasteiger charge is -2.01. The highest BCUT2D eigenvalue weighted by Gasteiger charge is 2.16. The first-order chi connectivity index (χ1) is 5.93. The van der Waals surface area contributed by atoms with Crippen LogP contribution in [0, 0.1) is 0 Å². The highest BCUT2D eigenvalue weighted by Crippen LogP contribution is 2.14. The highest BCUT2D eigenvalue weighted by molar-refractivity contribution is 7.86. The van der Waals surface area contributed by atoms with Crippen molar-refractivity contribution in [3.63, 3.8) is 0 Å². The minimum absolute atomic E-state index is 0.00463. The molecule has 0 aliphatic rings. The Hall–Kier alpha value is -1.20. The molecule has 0 amide bonds. The van der Waals surface area contributed by atoms with Gasteiger partial charge in [-0.15, -0.1) is 0 Å². The maximum atomic E-state index is 10.9. The van der Waals surface area contributed by atoms with E-state index in [0.717, 1.165) is 0 Å². The molecule has 0 aliphatic carbocycles. The molecule has 4 nitrogen and oxygen atoms in total. The summed E-state index contributed by atoms with van der Waals surface area (Å²) in [6.07, 6.45) is 0. The second-order valence-electron chi connectivity index (χ2n) is 2.53. The van der Waals surface area contributed by atoms with Crippen LogP contribution in [0.5, 0.6) is 0 Å². The molecular weight excluding hydrogens is 192 g/mol. The minimum atomic E-state index is -4.30. The van der Waals surface area contributed by atoms with E-state index in [1.807, 2.05) is 0 Å². The van der Waals surface area contributed by atoms with E-state index < -0.39 is 15.9 Å². The molecule has 1 rings (SSSR count). The molecule has 1 aromatic carbocycles. The van der Waals surface area contributed by atoms with Crippen LogP contribution in [0.3, 0.4) is 0 Å². The largest absolute Gasteiger partial charge is 0.295 e. The van der Waals surface area contributed by atoms with E-state index >= 15 is 0 Å². The molecule has 0 saturated carbocycles. The smallest absolute Gasteiger partial charge is 0.294 e. The van der Waals surface area contributed by atoms with Crippen LogP contribution in [0.25, 0.3) is 0 Å². The van der Waals surface area contributed by atoms with Crippen molar-refractivity contribution >= 4 is 15.9 Å². The van der Waals surface area contributed by atoms with Crippen molar-refractivity contribution in [3.05, 3.63) is 29.8 Å². The standard InChI is InChI=1S/C8H8O4S/c1-6(9)7-4-2-3-5-8(7)13(10,11)12/h2-5H,1H3,(H,10,11,12). The van der Waals surface area contributed by atoms with Gasteiger partial charge in [-0.1, -0.05) is 18.2 Å². The molecule has 0 atom stereocenters. The predicted molar refractivity (Wildman–Crippen MR) is 46.3 cm³/mol. The van der Waals surface area contributed by atoms with E-state index in [-0.39, 0.29) is 10.5 Å². The average Bonchev–Trinajstić information content (AvgIpc) is 2.03. The fourth-order valence-electron chi connectivity index (χ4n) is 0.982. The van der Waals surface area contributed by atoms with Gasteiger partial charge in [-0.3, -0.25) is 9.35 Å². The second kappa shape index (κ2) is 3.27. The van der Waals surface area contributed by atoms with E-state index in [2.05, 4.69) is 0 Å². The minimum Gasteiger partial charge on any atom is -0.294 e. The zero-order chi connectivity index (χ0) is 10.1. The lowest BCUT2D eigenvalue weighted by Crippen LogP contribution is -2.05. The van der Waals surface area contributed by atoms with E-state index in [9.17, 15) is 13.2 Å². The van der Waals surface area contributed by atoms with Gasteiger partial charge in [0.15, 0.2) is 5.78 Å². The Morgan fingerprint density at radius 3 is 2.23 bits per heavy atom. The fourth-order valence-corrected chi connectivity index (χ4v) is 1.72. The SMILES string of the molecule is CC(=O)c1ccccc1S(=O)(=O)O. The Labute approximate surface area is 76.0 Å². The first-order valence-electron chi connectivity index (χ1n) is 3.50. The number of benzene rings is 1. The van der Waals surface area contributed by atoms with Crippen LogP contribution < -0.4 is 0 Å². The Morgan fingerprint density at radius 2 is 1.85 bits per heavy atom. The van der Waals surface area contributed by atoms with Crippen molar-refractivity contribution in [2.24, 2.45) is 0 Å². The molecule has 0 radical (unpaired) electrons. The van der Waals surface area contributed by atoms with Crippen LogP contribution in [0.15, 0.2) is 29.2 Å². The average molecular weight is 200 g/mol. The van der Waals surface area contributed by atoms with Crippen molar-refractivity contribution in [1.29, 1.82) is 0 Å². The van der Waals surface area contributed by atoms with E-state index in [1.165, 1.54) is 31.2 Å². The molecule has 1 aromatic rings. The Kier molecular flexibility index (Phi) is 2.49. The third kappa shape index (κ3) is 2.13. The van der Waals surface area contributed by atoms with Crippen LogP contribution >= 0.6 is 0 Å². The number of hydrogen-bond acceptors (Lipinski definition) is 3. The van der Waals surface area contributed by atoms with Gasteiger partial charge in [0.25, 0.3) is 10.1 Å². The summed E-state index contributed by atoms with van der Waals surface area (Å²) in [4.78, 5) is 10.6. The van der Waals surface area contributed by atoms with Gasteiger partial charge in [0.2, 0.25) is 0 Å². The molecule has 0 aromatic heterocycles. The number of rotatable bonds is 2. The summed E-state index contributed by atoms with van der Waals surface area (Å²) >= 11 is 0. The van der Waals surface area contributed by atoms with Gasteiger partial charge in [-0.2, -0.15) is 8.42 Å². The first-order valence-corrected chi connectivity index (χ1v) is 4.94. The zero-order valence-electron chi connectivity index (χ0n) is 6.89. The molecule has 13 heavy (non-hydrogen) atoms. The van der Waals surface area contributed by atoms with Crippen LogP contribution in [-0.4, -0.2) is 18.8 Å². The van der Waals surface area contributed by atoms with Gasteiger partial charge < -0.3 is 0 Å². The molecule has 0 heterocycles. The highest BCUT2D eigenvalue weighted by atomic mass is 32.2. The van der Waals surface area contributed by atoms with E-state index in [1.54, 1.807) is 0 Å². The summed E-state index contributed by atoms with van der Waals surface area (Å²) in [5.41, 5.74) is 0.00463. The second-order valence-corrected chi connectivity index (χ2v) is 3.92. The summed E-state index contributed by atoms with van der Waals surface area (Å²) in [6.45, 7) is 1.24. The third-order valence-corrected chi connectivity index (χ3v) is 2.46. The molecule has 70 valence electrons. The van der Waals surface area contributed by atoms with Gasteiger partial charge in [0, 0.05) is 5.56 Å². The van der Waals surface area contributed by atoms with E-state index in [4.69, 9.17) is 4.55 Å². The number of Topliss-reactive ketones (excluding diaryl/α,β-unsaturated/α-hetero) is 1. The van der Waals surface area contributed by atoms with Gasteiger partial charge in [0.1, 0.15) is 4.90 Å². The predicted octanol–water partition coefficient (Wildman–Crippen LogP) is 1.14. The summed E-state index contributed by atoms with van der Waals surface area (Å²) in [7, 11) is -4.30. The van der Waals surface area contributed by atoms with E-state index in [0.29, 0.717) is 0 Å². The molecule has 0 spiro atoms. The number of carbonyl (C=O) groups excluding carboxylic acids is 1. The monoisotopic (exact) mass is 200 g/mol. The Bertz CT molecular complexity index is 433. The van der Waals surface area contributed by atoms with Crippen molar-refractivity contribution in [2.75, 3.05) is 0 Å². The van der Waals surface area contributed by atoms with Crippen LogP contribution in [0.4, 0.5) is 0 Å². The Morgan fingerprint density at radius 1 is 1.31 bits per heavy atom. The number of carbonyl (C=O) groups is 1. The summed E-state index contributed by atoms with van der Waals surface area (Å²) in [5.74, 6) is -0.395. The summed E-state index contributed by atoms with van der Waals surface area (Å²) in [5, 5.41) is 0. The summed E-state index contributed by atoms with van der Waals surface area (Å²) < 4.78 is 30.3. The van der Waals surface area contributed by atoms with Crippen molar-refractivity contribution < 1.29 is 17.8 Å². The van der Waals surface area contributed by atoms with Crippen molar-refractivity contribution in [2.45, 2.75) is 11.8 Å². The van der Waals surface area contributed by atoms with Crippen LogP contribution in [0.2, 0.25) is 0 Å².